The van der Waals surface area contributed by atoms with Crippen LogP contribution in [0.4, 0.5) is 0 Å². The molecule has 1 aliphatic rings. The second-order valence-electron chi connectivity index (χ2n) is 4.43. The van der Waals surface area contributed by atoms with Gasteiger partial charge in [0.1, 0.15) is 0 Å². The van der Waals surface area contributed by atoms with Crippen LogP contribution in [0.2, 0.25) is 0 Å². The fourth-order valence-electron chi connectivity index (χ4n) is 2.24. The van der Waals surface area contributed by atoms with E-state index in [1.165, 1.54) is 30.8 Å². The Morgan fingerprint density at radius 2 is 2.27 bits per heavy atom. The molecule has 1 aliphatic heterocycles. The molecule has 1 saturated heterocycles. The van der Waals surface area contributed by atoms with Gasteiger partial charge in [-0.25, -0.2) is 0 Å². The predicted molar refractivity (Wildman–Crippen MR) is 70.7 cm³/mol. The third-order valence-electron chi connectivity index (χ3n) is 3.31. The summed E-state index contributed by atoms with van der Waals surface area (Å²) in [5.41, 5.74) is 0. The van der Waals surface area contributed by atoms with Crippen LogP contribution < -0.4 is 5.32 Å². The molecule has 2 unspecified atom stereocenters. The van der Waals surface area contributed by atoms with Crippen molar-refractivity contribution in [1.82, 2.24) is 10.2 Å². The second-order valence-corrected chi connectivity index (χ2v) is 5.58. The van der Waals surface area contributed by atoms with Crippen LogP contribution in [0.5, 0.6) is 0 Å². The predicted octanol–water partition coefficient (Wildman–Crippen LogP) is 2.20. The van der Waals surface area contributed by atoms with Crippen molar-refractivity contribution in [2.24, 2.45) is 0 Å². The van der Waals surface area contributed by atoms with E-state index in [-0.39, 0.29) is 0 Å². The van der Waals surface area contributed by atoms with Gasteiger partial charge in [0.2, 0.25) is 0 Å². The van der Waals surface area contributed by atoms with E-state index in [2.05, 4.69) is 42.9 Å². The number of thioether (sulfide) groups is 1. The van der Waals surface area contributed by atoms with Crippen LogP contribution in [0, 0.1) is 0 Å². The number of rotatable bonds is 7. The first-order valence-electron chi connectivity index (χ1n) is 6.30. The molecule has 0 aromatic rings. The number of likely N-dealkylation sites (N-methyl/N-ethyl adjacent to an activating group) is 2. The van der Waals surface area contributed by atoms with Gasteiger partial charge in [-0.2, -0.15) is 11.8 Å². The molecule has 1 N–H and O–H groups in total. The first kappa shape index (κ1) is 13.3. The van der Waals surface area contributed by atoms with E-state index in [9.17, 15) is 0 Å². The van der Waals surface area contributed by atoms with Crippen LogP contribution in [0.1, 0.15) is 33.1 Å². The molecule has 2 atom stereocenters. The summed E-state index contributed by atoms with van der Waals surface area (Å²) >= 11 is 2.11. The van der Waals surface area contributed by atoms with Gasteiger partial charge in [-0.1, -0.05) is 20.3 Å². The van der Waals surface area contributed by atoms with Gasteiger partial charge in [-0.05, 0) is 32.2 Å². The van der Waals surface area contributed by atoms with Crippen molar-refractivity contribution >= 4 is 11.8 Å². The van der Waals surface area contributed by atoms with E-state index in [1.54, 1.807) is 0 Å². The molecule has 0 radical (unpaired) electrons. The zero-order valence-electron chi connectivity index (χ0n) is 10.5. The van der Waals surface area contributed by atoms with Gasteiger partial charge in [0.15, 0.2) is 0 Å². The molecule has 0 bridgehead atoms. The molecule has 1 fully saturated rings. The van der Waals surface area contributed by atoms with Gasteiger partial charge in [-0.3, -0.25) is 4.90 Å². The maximum absolute atomic E-state index is 3.49. The van der Waals surface area contributed by atoms with Gasteiger partial charge in [0, 0.05) is 24.4 Å². The van der Waals surface area contributed by atoms with Crippen LogP contribution in [0.3, 0.4) is 0 Å². The largest absolute Gasteiger partial charge is 0.315 e. The molecule has 0 aliphatic carbocycles. The van der Waals surface area contributed by atoms with Gasteiger partial charge in [-0.15, -0.1) is 0 Å². The Morgan fingerprint density at radius 3 is 2.80 bits per heavy atom. The minimum absolute atomic E-state index is 0.735. The van der Waals surface area contributed by atoms with E-state index < -0.39 is 0 Å². The highest BCUT2D eigenvalue weighted by molar-refractivity contribution is 7.99. The molecule has 1 rings (SSSR count). The molecule has 1 heterocycles. The Bertz CT molecular complexity index is 158. The molecule has 0 spiro atoms. The van der Waals surface area contributed by atoms with Gasteiger partial charge in [0.05, 0.1) is 0 Å². The lowest BCUT2D eigenvalue weighted by Gasteiger charge is -2.32. The first-order chi connectivity index (χ1) is 7.29. The molecular weight excluding hydrogens is 204 g/mol. The molecule has 0 saturated carbocycles. The van der Waals surface area contributed by atoms with Crippen LogP contribution in [-0.4, -0.2) is 48.6 Å². The Morgan fingerprint density at radius 1 is 1.47 bits per heavy atom. The Labute approximate surface area is 99.2 Å². The van der Waals surface area contributed by atoms with Crippen molar-refractivity contribution in [3.05, 3.63) is 0 Å². The molecule has 3 heteroatoms. The van der Waals surface area contributed by atoms with Crippen molar-refractivity contribution < 1.29 is 0 Å². The third kappa shape index (κ3) is 4.33. The number of hydrogen-bond donors (Lipinski definition) is 1. The average Bonchev–Trinajstić information content (AvgIpc) is 2.76. The lowest BCUT2D eigenvalue weighted by atomic mass is 10.1. The Hall–Kier alpha value is 0.270. The topological polar surface area (TPSA) is 15.3 Å². The quantitative estimate of drug-likeness (QED) is 0.722. The summed E-state index contributed by atoms with van der Waals surface area (Å²) in [5, 5.41) is 3.49. The van der Waals surface area contributed by atoms with Crippen molar-refractivity contribution in [2.75, 3.05) is 31.6 Å². The molecule has 90 valence electrons. The summed E-state index contributed by atoms with van der Waals surface area (Å²) in [6.07, 6.45) is 4.00. The maximum atomic E-state index is 3.49. The van der Waals surface area contributed by atoms with Gasteiger partial charge in [0.25, 0.3) is 0 Å². The lowest BCUT2D eigenvalue weighted by Crippen LogP contribution is -2.45. The fourth-order valence-corrected chi connectivity index (χ4v) is 3.51. The lowest BCUT2D eigenvalue weighted by molar-refractivity contribution is 0.174. The SMILES string of the molecule is CCCC(CNCC)N(C)C1CCSC1. The molecule has 0 aromatic heterocycles. The zero-order chi connectivity index (χ0) is 11.1. The minimum Gasteiger partial charge on any atom is -0.315 e. The maximum Gasteiger partial charge on any atom is 0.0220 e. The third-order valence-corrected chi connectivity index (χ3v) is 4.45. The highest BCUT2D eigenvalue weighted by Gasteiger charge is 2.24. The zero-order valence-corrected chi connectivity index (χ0v) is 11.3. The summed E-state index contributed by atoms with van der Waals surface area (Å²) in [4.78, 5) is 2.62. The van der Waals surface area contributed by atoms with Crippen LogP contribution in [-0.2, 0) is 0 Å². The number of nitrogens with one attached hydrogen (secondary N) is 1. The summed E-state index contributed by atoms with van der Waals surface area (Å²) < 4.78 is 0. The molecule has 2 nitrogen and oxygen atoms in total. The number of hydrogen-bond acceptors (Lipinski definition) is 3. The molecule has 0 amide bonds. The highest BCUT2D eigenvalue weighted by atomic mass is 32.2. The summed E-state index contributed by atoms with van der Waals surface area (Å²) in [5.74, 6) is 2.69. The van der Waals surface area contributed by atoms with E-state index in [0.29, 0.717) is 0 Å². The summed E-state index contributed by atoms with van der Waals surface area (Å²) in [6, 6.07) is 1.56. The van der Waals surface area contributed by atoms with Crippen molar-refractivity contribution in [2.45, 2.75) is 45.2 Å². The molecule has 15 heavy (non-hydrogen) atoms. The smallest absolute Gasteiger partial charge is 0.0220 e. The fraction of sp³-hybridized carbons (Fsp3) is 1.00. The highest BCUT2D eigenvalue weighted by Crippen LogP contribution is 2.23. The standard InChI is InChI=1S/C12H26N2S/c1-4-6-11(9-13-5-2)14(3)12-7-8-15-10-12/h11-13H,4-10H2,1-3H3. The van der Waals surface area contributed by atoms with Crippen LogP contribution >= 0.6 is 11.8 Å². The normalized spacial score (nSPS) is 23.6. The van der Waals surface area contributed by atoms with Crippen molar-refractivity contribution in [3.8, 4) is 0 Å². The second kappa shape index (κ2) is 7.53. The Kier molecular flexibility index (Phi) is 6.69. The van der Waals surface area contributed by atoms with Gasteiger partial charge >= 0.3 is 0 Å². The summed E-state index contributed by atoms with van der Waals surface area (Å²) in [7, 11) is 2.31. The van der Waals surface area contributed by atoms with Crippen LogP contribution in [0.25, 0.3) is 0 Å². The summed E-state index contributed by atoms with van der Waals surface area (Å²) in [6.45, 7) is 6.72. The van der Waals surface area contributed by atoms with E-state index in [1.807, 2.05) is 0 Å². The minimum atomic E-state index is 0.735. The monoisotopic (exact) mass is 230 g/mol. The van der Waals surface area contributed by atoms with Gasteiger partial charge < -0.3 is 5.32 Å². The molecular formula is C12H26N2S. The van der Waals surface area contributed by atoms with E-state index in [0.717, 1.165) is 25.2 Å². The van der Waals surface area contributed by atoms with E-state index in [4.69, 9.17) is 0 Å². The first-order valence-corrected chi connectivity index (χ1v) is 7.45. The Balaban J connectivity index is 2.37. The molecule has 0 aromatic carbocycles. The van der Waals surface area contributed by atoms with Crippen molar-refractivity contribution in [1.29, 1.82) is 0 Å². The van der Waals surface area contributed by atoms with Crippen molar-refractivity contribution in [3.63, 3.8) is 0 Å². The van der Waals surface area contributed by atoms with E-state index >= 15 is 0 Å². The number of nitrogens with zero attached hydrogens (tertiary/aromatic N) is 1. The van der Waals surface area contributed by atoms with Crippen LogP contribution in [0.15, 0.2) is 0 Å². The average molecular weight is 230 g/mol.